The second kappa shape index (κ2) is 6.92. The number of fused-ring (bicyclic) bond motifs is 8. The maximum atomic E-state index is 12.9. The zero-order valence-corrected chi connectivity index (χ0v) is 15.3. The Hall–Kier alpha value is -1.48. The van der Waals surface area contributed by atoms with Gasteiger partial charge in [0.2, 0.25) is 0 Å². The van der Waals surface area contributed by atoms with Crippen molar-refractivity contribution in [3.05, 3.63) is 33.1 Å². The van der Waals surface area contributed by atoms with Gasteiger partial charge in [0.1, 0.15) is 18.3 Å². The van der Waals surface area contributed by atoms with E-state index in [1.807, 2.05) is 13.8 Å². The molecule has 4 rings (SSSR count). The Morgan fingerprint density at radius 2 is 1.85 bits per heavy atom. The molecule has 0 unspecified atom stereocenters. The third kappa shape index (κ3) is 3.26. The molecular weight excluding hydrogens is 340 g/mol. The summed E-state index contributed by atoms with van der Waals surface area (Å²) in [5.41, 5.74) is -0.648. The van der Waals surface area contributed by atoms with Crippen LogP contribution in [-0.2, 0) is 25.5 Å². The van der Waals surface area contributed by atoms with E-state index >= 15 is 0 Å². The van der Waals surface area contributed by atoms with E-state index in [1.54, 1.807) is 0 Å². The molecule has 0 aromatic carbocycles. The van der Waals surface area contributed by atoms with E-state index in [2.05, 4.69) is 0 Å². The predicted molar refractivity (Wildman–Crippen MR) is 92.0 cm³/mol. The highest BCUT2D eigenvalue weighted by atomic mass is 16.8. The van der Waals surface area contributed by atoms with Crippen LogP contribution >= 0.6 is 0 Å². The van der Waals surface area contributed by atoms with Gasteiger partial charge < -0.3 is 18.9 Å². The number of hydrogen-bond donors (Lipinski definition) is 0. The van der Waals surface area contributed by atoms with Crippen molar-refractivity contribution in [2.45, 2.75) is 76.4 Å². The number of rotatable bonds is 0. The molecule has 0 spiro atoms. The molecule has 3 aliphatic heterocycles. The van der Waals surface area contributed by atoms with Crippen LogP contribution < -0.4 is 11.2 Å². The summed E-state index contributed by atoms with van der Waals surface area (Å²) < 4.78 is 26.7. The van der Waals surface area contributed by atoms with Gasteiger partial charge in [0.15, 0.2) is 12.0 Å². The van der Waals surface area contributed by atoms with Crippen molar-refractivity contribution in [1.29, 1.82) is 0 Å². The van der Waals surface area contributed by atoms with Gasteiger partial charge in [-0.2, -0.15) is 0 Å². The third-order valence-electron chi connectivity index (χ3n) is 5.20. The number of ether oxygens (including phenoxy) is 4. The van der Waals surface area contributed by atoms with Crippen LogP contribution in [0, 0.1) is 0 Å². The van der Waals surface area contributed by atoms with Crippen LogP contribution in [-0.4, -0.2) is 46.4 Å². The van der Waals surface area contributed by atoms with E-state index in [4.69, 9.17) is 18.9 Å². The summed E-state index contributed by atoms with van der Waals surface area (Å²) in [6, 6.07) is 1.41. The highest BCUT2D eigenvalue weighted by Gasteiger charge is 2.56. The van der Waals surface area contributed by atoms with Crippen LogP contribution in [0.2, 0.25) is 0 Å². The molecule has 0 amide bonds. The molecule has 0 radical (unpaired) electrons. The number of hydrogen-bond acceptors (Lipinski definition) is 6. The smallest absolute Gasteiger partial charge is 0.333 e. The topological polar surface area (TPSA) is 80.9 Å². The number of nitrogens with zero attached hydrogens (tertiary/aromatic N) is 2. The molecule has 1 aromatic rings. The van der Waals surface area contributed by atoms with Crippen molar-refractivity contribution in [1.82, 2.24) is 9.13 Å². The largest absolute Gasteiger partial charge is 0.379 e. The van der Waals surface area contributed by atoms with Crippen LogP contribution in [0.25, 0.3) is 0 Å². The Morgan fingerprint density at radius 3 is 2.69 bits per heavy atom. The Balaban J connectivity index is 1.73. The Bertz CT molecular complexity index is 770. The maximum absolute atomic E-state index is 12.9. The molecule has 3 aliphatic rings. The van der Waals surface area contributed by atoms with Crippen molar-refractivity contribution >= 4 is 0 Å². The number of aromatic nitrogens is 2. The van der Waals surface area contributed by atoms with Gasteiger partial charge in [-0.25, -0.2) is 4.79 Å². The average molecular weight is 366 g/mol. The van der Waals surface area contributed by atoms with Crippen molar-refractivity contribution in [3.63, 3.8) is 0 Å². The lowest BCUT2D eigenvalue weighted by atomic mass is 10.1. The van der Waals surface area contributed by atoms with Crippen LogP contribution in [0.5, 0.6) is 0 Å². The van der Waals surface area contributed by atoms with Crippen molar-refractivity contribution in [2.75, 3.05) is 13.2 Å². The molecular formula is C18H26N2O6. The van der Waals surface area contributed by atoms with E-state index in [1.165, 1.54) is 21.4 Å². The normalized spacial score (nSPS) is 34.2. The van der Waals surface area contributed by atoms with Gasteiger partial charge in [0.25, 0.3) is 5.56 Å². The predicted octanol–water partition coefficient (Wildman–Crippen LogP) is 1.02. The third-order valence-corrected chi connectivity index (χ3v) is 5.20. The van der Waals surface area contributed by atoms with Crippen LogP contribution in [0.1, 0.15) is 45.8 Å². The Kier molecular flexibility index (Phi) is 4.77. The van der Waals surface area contributed by atoms with E-state index in [-0.39, 0.29) is 23.5 Å². The quantitative estimate of drug-likeness (QED) is 0.682. The molecule has 2 saturated heterocycles. The minimum atomic E-state index is -0.751. The second-order valence-corrected chi connectivity index (χ2v) is 7.61. The average Bonchev–Trinajstić information content (AvgIpc) is 3.06. The fourth-order valence-electron chi connectivity index (χ4n) is 3.98. The highest BCUT2D eigenvalue weighted by Crippen LogP contribution is 2.42. The van der Waals surface area contributed by atoms with Gasteiger partial charge >= 0.3 is 5.69 Å². The lowest BCUT2D eigenvalue weighted by Gasteiger charge is -2.25. The first-order valence-corrected chi connectivity index (χ1v) is 9.37. The molecule has 2 fully saturated rings. The molecule has 1 aromatic heterocycles. The fraction of sp³-hybridized carbons (Fsp3) is 0.778. The van der Waals surface area contributed by atoms with E-state index in [9.17, 15) is 9.59 Å². The van der Waals surface area contributed by atoms with Crippen molar-refractivity contribution in [2.24, 2.45) is 0 Å². The highest BCUT2D eigenvalue weighted by molar-refractivity contribution is 4.99. The van der Waals surface area contributed by atoms with Gasteiger partial charge in [-0.3, -0.25) is 13.9 Å². The monoisotopic (exact) mass is 366 g/mol. The van der Waals surface area contributed by atoms with E-state index in [0.29, 0.717) is 19.8 Å². The van der Waals surface area contributed by atoms with Gasteiger partial charge in [0.05, 0.1) is 6.61 Å². The Morgan fingerprint density at radius 1 is 1.08 bits per heavy atom. The second-order valence-electron chi connectivity index (χ2n) is 7.61. The SMILES string of the molecule is CC1(C)O[C@@H]2[C@H](O1)[C@H]1COCCCCCCn3c(=O)ccn(c3=O)[C@@H]2O1. The van der Waals surface area contributed by atoms with Gasteiger partial charge in [0, 0.05) is 25.4 Å². The van der Waals surface area contributed by atoms with Gasteiger partial charge in [-0.1, -0.05) is 12.8 Å². The summed E-state index contributed by atoms with van der Waals surface area (Å²) in [5, 5.41) is 0. The van der Waals surface area contributed by atoms with Crippen LogP contribution in [0.15, 0.2) is 21.9 Å². The van der Waals surface area contributed by atoms with Gasteiger partial charge in [-0.05, 0) is 26.7 Å². The summed E-state index contributed by atoms with van der Waals surface area (Å²) in [6.45, 7) is 5.17. The summed E-state index contributed by atoms with van der Waals surface area (Å²) in [7, 11) is 0. The lowest BCUT2D eigenvalue weighted by Crippen LogP contribution is -2.43. The molecule has 144 valence electrons. The summed E-state index contributed by atoms with van der Waals surface area (Å²) in [4.78, 5) is 25.1. The molecule has 0 saturated carbocycles. The summed E-state index contributed by atoms with van der Waals surface area (Å²) >= 11 is 0. The Labute approximate surface area is 151 Å². The van der Waals surface area contributed by atoms with E-state index in [0.717, 1.165) is 25.7 Å². The lowest BCUT2D eigenvalue weighted by molar-refractivity contribution is -0.202. The maximum Gasteiger partial charge on any atom is 0.333 e. The molecule has 8 heteroatoms. The molecule has 4 atom stereocenters. The molecule has 8 nitrogen and oxygen atoms in total. The van der Waals surface area contributed by atoms with E-state index < -0.39 is 18.1 Å². The van der Waals surface area contributed by atoms with Gasteiger partial charge in [-0.15, -0.1) is 0 Å². The molecule has 0 N–H and O–H groups in total. The summed E-state index contributed by atoms with van der Waals surface area (Å²) in [6.07, 6.45) is 3.49. The first kappa shape index (κ1) is 17.9. The zero-order chi connectivity index (χ0) is 18.3. The minimum Gasteiger partial charge on any atom is -0.379 e. The summed E-state index contributed by atoms with van der Waals surface area (Å²) in [5.74, 6) is -0.751. The first-order valence-electron chi connectivity index (χ1n) is 9.37. The molecule has 26 heavy (non-hydrogen) atoms. The van der Waals surface area contributed by atoms with Crippen molar-refractivity contribution < 1.29 is 18.9 Å². The van der Waals surface area contributed by atoms with Crippen LogP contribution in [0.4, 0.5) is 0 Å². The fourth-order valence-corrected chi connectivity index (χ4v) is 3.98. The van der Waals surface area contributed by atoms with Crippen molar-refractivity contribution in [3.8, 4) is 0 Å². The standard InChI is InChI=1S/C18H26N2O6/c1-18(2)25-14-12-11-23-10-6-4-3-5-8-19-13(21)7-9-20(17(19)22)16(24-12)15(14)26-18/h7,9,12,14-16H,3-6,8,10-11H2,1-2H3/t12-,14-,15-,16-/m1/s1. The molecule has 0 aliphatic carbocycles. The minimum absolute atomic E-state index is 0.281. The molecule has 4 bridgehead atoms. The van der Waals surface area contributed by atoms with Crippen LogP contribution in [0.3, 0.4) is 0 Å². The zero-order valence-electron chi connectivity index (χ0n) is 15.3. The molecule has 4 heterocycles. The first-order chi connectivity index (χ1) is 12.5.